The molecule has 0 radical (unpaired) electrons. The number of benzene rings is 1. The number of rotatable bonds is 6. The van der Waals surface area contributed by atoms with Crippen LogP contribution >= 0.6 is 11.3 Å². The molecule has 0 saturated heterocycles. The van der Waals surface area contributed by atoms with E-state index in [0.29, 0.717) is 17.3 Å². The van der Waals surface area contributed by atoms with Gasteiger partial charge in [-0.25, -0.2) is 10.5 Å². The Balaban J connectivity index is 1.60. The van der Waals surface area contributed by atoms with E-state index in [1.54, 1.807) is 11.3 Å². The monoisotopic (exact) mass is 356 g/mol. The number of aromatic nitrogens is 1. The average Bonchev–Trinajstić information content (AvgIpc) is 3.26. The van der Waals surface area contributed by atoms with Crippen LogP contribution in [0.5, 0.6) is 0 Å². The lowest BCUT2D eigenvalue weighted by molar-refractivity contribution is -0.139. The molecule has 0 unspecified atom stereocenters. The summed E-state index contributed by atoms with van der Waals surface area (Å²) in [5, 5.41) is 1.97. The number of thiophene rings is 1. The van der Waals surface area contributed by atoms with E-state index < -0.39 is 5.41 Å². The highest BCUT2D eigenvalue weighted by Gasteiger charge is 2.29. The summed E-state index contributed by atoms with van der Waals surface area (Å²) in [5.41, 5.74) is 3.42. The maximum Gasteiger partial charge on any atom is 0.253 e. The molecule has 1 N–H and O–H groups in total. The normalized spacial score (nSPS) is 11.5. The molecule has 0 aliphatic rings. The molecule has 3 rings (SSSR count). The standard InChI is InChI=1S/C19H20N2O3S/c1-13-15(20-17(24-13)16-10-7-11-25-16)12-23-21-18(22)19(2,3)14-8-5-4-6-9-14/h4-11H,12H2,1-3H3,(H,21,22). The maximum absolute atomic E-state index is 12.5. The van der Waals surface area contributed by atoms with Gasteiger partial charge >= 0.3 is 0 Å². The number of hydroxylamine groups is 1. The first-order chi connectivity index (χ1) is 12.0. The molecule has 0 spiro atoms. The van der Waals surface area contributed by atoms with Crippen molar-refractivity contribution in [1.29, 1.82) is 0 Å². The number of amides is 1. The van der Waals surface area contributed by atoms with Crippen LogP contribution in [0.3, 0.4) is 0 Å². The summed E-state index contributed by atoms with van der Waals surface area (Å²) in [5.74, 6) is 1.04. The second-order valence-electron chi connectivity index (χ2n) is 6.21. The zero-order valence-corrected chi connectivity index (χ0v) is 15.2. The minimum absolute atomic E-state index is 0.150. The Morgan fingerprint density at radius 1 is 1.24 bits per heavy atom. The lowest BCUT2D eigenvalue weighted by atomic mass is 9.84. The van der Waals surface area contributed by atoms with Crippen molar-refractivity contribution in [3.05, 3.63) is 64.9 Å². The summed E-state index contributed by atoms with van der Waals surface area (Å²) in [6.45, 7) is 5.70. The van der Waals surface area contributed by atoms with Crippen LogP contribution < -0.4 is 5.48 Å². The van der Waals surface area contributed by atoms with E-state index in [0.717, 1.165) is 10.4 Å². The highest BCUT2D eigenvalue weighted by Crippen LogP contribution is 2.26. The zero-order chi connectivity index (χ0) is 17.9. The smallest absolute Gasteiger partial charge is 0.253 e. The van der Waals surface area contributed by atoms with Crippen LogP contribution in [-0.2, 0) is 21.7 Å². The van der Waals surface area contributed by atoms with E-state index in [-0.39, 0.29) is 12.5 Å². The Hall–Kier alpha value is -2.44. The van der Waals surface area contributed by atoms with E-state index in [9.17, 15) is 4.79 Å². The number of carbonyl (C=O) groups excluding carboxylic acids is 1. The quantitative estimate of drug-likeness (QED) is 0.671. The van der Waals surface area contributed by atoms with Crippen LogP contribution in [0.2, 0.25) is 0 Å². The van der Waals surface area contributed by atoms with Gasteiger partial charge in [0.25, 0.3) is 5.91 Å². The van der Waals surface area contributed by atoms with Crippen LogP contribution in [0.15, 0.2) is 52.3 Å². The summed E-state index contributed by atoms with van der Waals surface area (Å²) in [4.78, 5) is 23.2. The molecule has 0 fully saturated rings. The molecule has 2 heterocycles. The number of aryl methyl sites for hydroxylation is 1. The van der Waals surface area contributed by atoms with Gasteiger partial charge in [-0.05, 0) is 37.8 Å². The van der Waals surface area contributed by atoms with E-state index >= 15 is 0 Å². The first-order valence-corrected chi connectivity index (χ1v) is 8.84. The third-order valence-corrected chi connectivity index (χ3v) is 4.92. The maximum atomic E-state index is 12.5. The SMILES string of the molecule is Cc1oc(-c2cccs2)nc1CONC(=O)C(C)(C)c1ccccc1. The molecule has 6 heteroatoms. The Bertz CT molecular complexity index is 839. The summed E-state index contributed by atoms with van der Waals surface area (Å²) in [7, 11) is 0. The predicted octanol–water partition coefficient (Wildman–Crippen LogP) is 4.24. The minimum atomic E-state index is -0.692. The van der Waals surface area contributed by atoms with Crippen molar-refractivity contribution in [1.82, 2.24) is 10.5 Å². The van der Waals surface area contributed by atoms with Crippen molar-refractivity contribution in [3.8, 4) is 10.8 Å². The summed E-state index contributed by atoms with van der Waals surface area (Å²) in [6.07, 6.45) is 0. The van der Waals surface area contributed by atoms with Gasteiger partial charge in [-0.1, -0.05) is 36.4 Å². The number of oxazole rings is 1. The molecule has 25 heavy (non-hydrogen) atoms. The topological polar surface area (TPSA) is 64.4 Å². The average molecular weight is 356 g/mol. The highest BCUT2D eigenvalue weighted by atomic mass is 32.1. The van der Waals surface area contributed by atoms with Crippen LogP contribution in [0.25, 0.3) is 10.8 Å². The second kappa shape index (κ2) is 7.21. The van der Waals surface area contributed by atoms with E-state index in [1.165, 1.54) is 0 Å². The molecule has 130 valence electrons. The van der Waals surface area contributed by atoms with Crippen molar-refractivity contribution < 1.29 is 14.0 Å². The summed E-state index contributed by atoms with van der Waals surface area (Å²) >= 11 is 1.56. The zero-order valence-electron chi connectivity index (χ0n) is 14.4. The van der Waals surface area contributed by atoms with E-state index in [4.69, 9.17) is 9.25 Å². The fourth-order valence-electron chi connectivity index (χ4n) is 2.35. The molecule has 2 aromatic heterocycles. The van der Waals surface area contributed by atoms with Gasteiger partial charge in [0.05, 0.1) is 10.3 Å². The Morgan fingerprint density at radius 3 is 2.68 bits per heavy atom. The Morgan fingerprint density at radius 2 is 2.00 bits per heavy atom. The molecular weight excluding hydrogens is 336 g/mol. The van der Waals surface area contributed by atoms with Crippen LogP contribution in [0, 0.1) is 6.92 Å². The van der Waals surface area contributed by atoms with Gasteiger partial charge in [-0.15, -0.1) is 11.3 Å². The molecule has 5 nitrogen and oxygen atoms in total. The lowest BCUT2D eigenvalue weighted by Crippen LogP contribution is -2.40. The molecule has 0 aliphatic carbocycles. The number of carbonyl (C=O) groups is 1. The summed E-state index contributed by atoms with van der Waals surface area (Å²) < 4.78 is 5.66. The second-order valence-corrected chi connectivity index (χ2v) is 7.16. The fourth-order valence-corrected chi connectivity index (χ4v) is 3.00. The van der Waals surface area contributed by atoms with Gasteiger partial charge in [0, 0.05) is 0 Å². The van der Waals surface area contributed by atoms with Crippen molar-refractivity contribution >= 4 is 17.2 Å². The number of hydrogen-bond donors (Lipinski definition) is 1. The molecule has 3 aromatic rings. The number of nitrogens with zero attached hydrogens (tertiary/aromatic N) is 1. The molecule has 0 bridgehead atoms. The van der Waals surface area contributed by atoms with Crippen LogP contribution in [0.4, 0.5) is 0 Å². The van der Waals surface area contributed by atoms with Gasteiger partial charge in [-0.2, -0.15) is 0 Å². The van der Waals surface area contributed by atoms with Crippen LogP contribution in [0.1, 0.15) is 30.9 Å². The molecular formula is C19H20N2O3S. The Labute approximate surface area is 150 Å². The van der Waals surface area contributed by atoms with Gasteiger partial charge in [0.2, 0.25) is 5.89 Å². The van der Waals surface area contributed by atoms with Crippen molar-refractivity contribution in [3.63, 3.8) is 0 Å². The summed E-state index contributed by atoms with van der Waals surface area (Å²) in [6, 6.07) is 13.5. The third kappa shape index (κ3) is 3.81. The van der Waals surface area contributed by atoms with Crippen LogP contribution in [-0.4, -0.2) is 10.9 Å². The van der Waals surface area contributed by atoms with Crippen molar-refractivity contribution in [2.45, 2.75) is 32.8 Å². The van der Waals surface area contributed by atoms with Crippen molar-refractivity contribution in [2.24, 2.45) is 0 Å². The Kier molecular flexibility index (Phi) is 5.01. The number of nitrogens with one attached hydrogen (secondary N) is 1. The molecule has 1 aromatic carbocycles. The lowest BCUT2D eigenvalue weighted by Gasteiger charge is -2.23. The largest absolute Gasteiger partial charge is 0.440 e. The minimum Gasteiger partial charge on any atom is -0.440 e. The van der Waals surface area contributed by atoms with E-state index in [1.807, 2.05) is 68.6 Å². The first-order valence-electron chi connectivity index (χ1n) is 7.96. The molecule has 1 amide bonds. The highest BCUT2D eigenvalue weighted by molar-refractivity contribution is 7.13. The molecule has 0 saturated carbocycles. The van der Waals surface area contributed by atoms with E-state index in [2.05, 4.69) is 10.5 Å². The van der Waals surface area contributed by atoms with Gasteiger partial charge in [0.15, 0.2) is 0 Å². The van der Waals surface area contributed by atoms with Gasteiger partial charge in [-0.3, -0.25) is 9.63 Å². The third-order valence-electron chi connectivity index (χ3n) is 4.06. The molecule has 0 aliphatic heterocycles. The predicted molar refractivity (Wildman–Crippen MR) is 97.0 cm³/mol. The first kappa shape index (κ1) is 17.4. The van der Waals surface area contributed by atoms with Gasteiger partial charge in [0.1, 0.15) is 18.1 Å². The number of hydrogen-bond acceptors (Lipinski definition) is 5. The fraction of sp³-hybridized carbons (Fsp3) is 0.263. The molecule has 0 atom stereocenters. The van der Waals surface area contributed by atoms with Gasteiger partial charge < -0.3 is 4.42 Å². The van der Waals surface area contributed by atoms with Crippen molar-refractivity contribution in [2.75, 3.05) is 0 Å².